The van der Waals surface area contributed by atoms with E-state index in [1.165, 1.54) is 47.4 Å². The minimum Gasteiger partial charge on any atom is -0.337 e. The van der Waals surface area contributed by atoms with Crippen LogP contribution in [0.1, 0.15) is 15.9 Å². The number of carbonyl (C=O) groups is 1. The molecule has 1 amide bonds. The van der Waals surface area contributed by atoms with Gasteiger partial charge < -0.3 is 4.90 Å². The predicted octanol–water partition coefficient (Wildman–Crippen LogP) is 4.55. The first-order chi connectivity index (χ1) is 13.8. The SMILES string of the molecule is CN(Cc1cccc(F)c1)C(=O)c1cc(NS(=O)(=O)c2ccccc2)ccc1Cl. The van der Waals surface area contributed by atoms with Gasteiger partial charge in [-0.2, -0.15) is 0 Å². The molecule has 0 saturated carbocycles. The molecule has 3 aromatic rings. The third kappa shape index (κ3) is 5.13. The summed E-state index contributed by atoms with van der Waals surface area (Å²) >= 11 is 6.17. The first-order valence-electron chi connectivity index (χ1n) is 8.63. The number of halogens is 2. The largest absolute Gasteiger partial charge is 0.337 e. The van der Waals surface area contributed by atoms with Gasteiger partial charge in [0.25, 0.3) is 15.9 Å². The van der Waals surface area contributed by atoms with Gasteiger partial charge in [0, 0.05) is 19.3 Å². The monoisotopic (exact) mass is 432 g/mol. The summed E-state index contributed by atoms with van der Waals surface area (Å²) in [6.07, 6.45) is 0. The maximum Gasteiger partial charge on any atom is 0.261 e. The summed E-state index contributed by atoms with van der Waals surface area (Å²) in [6, 6.07) is 18.1. The Kier molecular flexibility index (Phi) is 6.20. The van der Waals surface area contributed by atoms with Crippen molar-refractivity contribution in [1.29, 1.82) is 0 Å². The predicted molar refractivity (Wildman–Crippen MR) is 111 cm³/mol. The van der Waals surface area contributed by atoms with Crippen LogP contribution in [0.15, 0.2) is 77.7 Å². The number of hydrogen-bond acceptors (Lipinski definition) is 3. The molecule has 3 aromatic carbocycles. The fourth-order valence-corrected chi connectivity index (χ4v) is 4.02. The van der Waals surface area contributed by atoms with Gasteiger partial charge >= 0.3 is 0 Å². The lowest BCUT2D eigenvalue weighted by atomic mass is 10.1. The first-order valence-corrected chi connectivity index (χ1v) is 10.5. The second-order valence-corrected chi connectivity index (χ2v) is 8.49. The fourth-order valence-electron chi connectivity index (χ4n) is 2.75. The van der Waals surface area contributed by atoms with Crippen molar-refractivity contribution >= 4 is 33.2 Å². The molecule has 150 valence electrons. The Labute approximate surface area is 173 Å². The van der Waals surface area contributed by atoms with Crippen molar-refractivity contribution in [3.05, 3.63) is 94.8 Å². The van der Waals surface area contributed by atoms with Gasteiger partial charge in [-0.05, 0) is 48.0 Å². The molecule has 29 heavy (non-hydrogen) atoms. The van der Waals surface area contributed by atoms with E-state index < -0.39 is 21.7 Å². The molecular weight excluding hydrogens is 415 g/mol. The van der Waals surface area contributed by atoms with E-state index in [0.29, 0.717) is 5.56 Å². The fraction of sp³-hybridized carbons (Fsp3) is 0.0952. The molecular formula is C21H18ClFN2O3S. The summed E-state index contributed by atoms with van der Waals surface area (Å²) in [5.74, 6) is -0.807. The third-order valence-corrected chi connectivity index (χ3v) is 5.88. The number of sulfonamides is 1. The maximum absolute atomic E-state index is 13.4. The molecule has 0 fully saturated rings. The minimum absolute atomic E-state index is 0.103. The zero-order chi connectivity index (χ0) is 21.0. The smallest absolute Gasteiger partial charge is 0.261 e. The van der Waals surface area contributed by atoms with Gasteiger partial charge in [-0.25, -0.2) is 12.8 Å². The van der Waals surface area contributed by atoms with E-state index in [9.17, 15) is 17.6 Å². The summed E-state index contributed by atoms with van der Waals surface area (Å²) in [5, 5.41) is 0.184. The van der Waals surface area contributed by atoms with E-state index in [-0.39, 0.29) is 27.7 Å². The normalized spacial score (nSPS) is 11.1. The molecule has 0 unspecified atom stereocenters. The molecule has 1 N–H and O–H groups in total. The van der Waals surface area contributed by atoms with E-state index in [1.54, 1.807) is 37.4 Å². The molecule has 0 heterocycles. The van der Waals surface area contributed by atoms with Crippen LogP contribution in [0.3, 0.4) is 0 Å². The zero-order valence-corrected chi connectivity index (χ0v) is 17.0. The van der Waals surface area contributed by atoms with Crippen LogP contribution in [0.2, 0.25) is 5.02 Å². The molecule has 0 bridgehead atoms. The van der Waals surface area contributed by atoms with Gasteiger partial charge in [0.1, 0.15) is 5.82 Å². The lowest BCUT2D eigenvalue weighted by molar-refractivity contribution is 0.0785. The van der Waals surface area contributed by atoms with Crippen molar-refractivity contribution in [2.24, 2.45) is 0 Å². The highest BCUT2D eigenvalue weighted by molar-refractivity contribution is 7.92. The molecule has 0 aliphatic carbocycles. The Morgan fingerprint density at radius 3 is 2.45 bits per heavy atom. The van der Waals surface area contributed by atoms with E-state index in [4.69, 9.17) is 11.6 Å². The lowest BCUT2D eigenvalue weighted by Gasteiger charge is -2.19. The molecule has 8 heteroatoms. The van der Waals surface area contributed by atoms with Crippen LogP contribution in [-0.4, -0.2) is 26.3 Å². The van der Waals surface area contributed by atoms with Crippen LogP contribution in [0.4, 0.5) is 10.1 Å². The number of nitrogens with one attached hydrogen (secondary N) is 1. The number of hydrogen-bond donors (Lipinski definition) is 1. The van der Waals surface area contributed by atoms with Crippen LogP contribution < -0.4 is 4.72 Å². The highest BCUT2D eigenvalue weighted by atomic mass is 35.5. The van der Waals surface area contributed by atoms with Crippen LogP contribution in [0.5, 0.6) is 0 Å². The number of amides is 1. The Morgan fingerprint density at radius 1 is 1.03 bits per heavy atom. The molecule has 0 saturated heterocycles. The highest BCUT2D eigenvalue weighted by Gasteiger charge is 2.19. The Bertz CT molecular complexity index is 1140. The van der Waals surface area contributed by atoms with Crippen molar-refractivity contribution in [2.45, 2.75) is 11.4 Å². The molecule has 0 aliphatic heterocycles. The van der Waals surface area contributed by atoms with Crippen LogP contribution in [0, 0.1) is 5.82 Å². The molecule has 3 rings (SSSR count). The number of nitrogens with zero attached hydrogens (tertiary/aromatic N) is 1. The second-order valence-electron chi connectivity index (χ2n) is 6.40. The molecule has 0 aliphatic rings. The summed E-state index contributed by atoms with van der Waals surface area (Å²) in [7, 11) is -2.24. The van der Waals surface area contributed by atoms with Crippen LogP contribution in [0.25, 0.3) is 0 Å². The summed E-state index contributed by atoms with van der Waals surface area (Å²) in [6.45, 7) is 0.174. The molecule has 0 aromatic heterocycles. The zero-order valence-electron chi connectivity index (χ0n) is 15.5. The average molecular weight is 433 g/mol. The van der Waals surface area contributed by atoms with Gasteiger partial charge in [-0.3, -0.25) is 9.52 Å². The topological polar surface area (TPSA) is 66.5 Å². The van der Waals surface area contributed by atoms with Crippen LogP contribution in [-0.2, 0) is 16.6 Å². The van der Waals surface area contributed by atoms with Gasteiger partial charge in [0.05, 0.1) is 15.5 Å². The van der Waals surface area contributed by atoms with Gasteiger partial charge in [-0.15, -0.1) is 0 Å². The number of benzene rings is 3. The average Bonchev–Trinajstić information content (AvgIpc) is 2.69. The maximum atomic E-state index is 13.4. The Balaban J connectivity index is 1.82. The standard InChI is InChI=1S/C21H18ClFN2O3S/c1-25(14-15-6-5-7-16(23)12-15)21(26)19-13-17(10-11-20(19)22)24-29(27,28)18-8-3-2-4-9-18/h2-13,24H,14H2,1H3. The van der Waals surface area contributed by atoms with Crippen molar-refractivity contribution in [1.82, 2.24) is 4.90 Å². The van der Waals surface area contributed by atoms with Crippen molar-refractivity contribution in [3.8, 4) is 0 Å². The number of carbonyl (C=O) groups excluding carboxylic acids is 1. The summed E-state index contributed by atoms with van der Waals surface area (Å²) in [5.41, 5.74) is 0.970. The minimum atomic E-state index is -3.80. The van der Waals surface area contributed by atoms with E-state index in [0.717, 1.165) is 0 Å². The van der Waals surface area contributed by atoms with Crippen molar-refractivity contribution < 1.29 is 17.6 Å². The van der Waals surface area contributed by atoms with E-state index >= 15 is 0 Å². The Hall–Kier alpha value is -2.90. The highest BCUT2D eigenvalue weighted by Crippen LogP contribution is 2.24. The first kappa shape index (κ1) is 20.8. The van der Waals surface area contributed by atoms with E-state index in [2.05, 4.69) is 4.72 Å². The van der Waals surface area contributed by atoms with E-state index in [1.807, 2.05) is 0 Å². The number of rotatable bonds is 6. The second kappa shape index (κ2) is 8.63. The lowest BCUT2D eigenvalue weighted by Crippen LogP contribution is -2.26. The van der Waals surface area contributed by atoms with Crippen molar-refractivity contribution in [2.75, 3.05) is 11.8 Å². The summed E-state index contributed by atoms with van der Waals surface area (Å²) in [4.78, 5) is 14.3. The molecule has 0 radical (unpaired) electrons. The Morgan fingerprint density at radius 2 is 1.76 bits per heavy atom. The third-order valence-electron chi connectivity index (χ3n) is 4.16. The van der Waals surface area contributed by atoms with Gasteiger partial charge in [0.15, 0.2) is 0 Å². The van der Waals surface area contributed by atoms with Gasteiger partial charge in [-0.1, -0.05) is 41.9 Å². The molecule has 5 nitrogen and oxygen atoms in total. The molecule has 0 spiro atoms. The summed E-state index contributed by atoms with van der Waals surface area (Å²) < 4.78 is 40.8. The molecule has 0 atom stereocenters. The van der Waals surface area contributed by atoms with Gasteiger partial charge in [0.2, 0.25) is 0 Å². The van der Waals surface area contributed by atoms with Crippen molar-refractivity contribution in [3.63, 3.8) is 0 Å². The quantitative estimate of drug-likeness (QED) is 0.621. The van der Waals surface area contributed by atoms with Crippen LogP contribution >= 0.6 is 11.6 Å². The number of anilines is 1.